The minimum absolute atomic E-state index is 0.278. The van der Waals surface area contributed by atoms with Gasteiger partial charge >= 0.3 is 0 Å². The van der Waals surface area contributed by atoms with Gasteiger partial charge in [-0.05, 0) is 42.2 Å². The molecule has 3 aromatic rings. The summed E-state index contributed by atoms with van der Waals surface area (Å²) in [4.78, 5) is 20.5. The van der Waals surface area contributed by atoms with Gasteiger partial charge in [0, 0.05) is 18.3 Å². The highest BCUT2D eigenvalue weighted by atomic mass is 16.5. The Labute approximate surface area is 169 Å². The molecule has 0 spiro atoms. The van der Waals surface area contributed by atoms with E-state index in [2.05, 4.69) is 27.4 Å². The topological polar surface area (TPSA) is 84.3 Å². The molecule has 6 nitrogen and oxygen atoms in total. The van der Waals surface area contributed by atoms with Crippen LogP contribution in [0.3, 0.4) is 0 Å². The summed E-state index contributed by atoms with van der Waals surface area (Å²) in [5.74, 6) is -0.265. The van der Waals surface area contributed by atoms with Crippen LogP contribution in [0.15, 0.2) is 72.8 Å². The van der Waals surface area contributed by atoms with E-state index in [0.717, 1.165) is 24.1 Å². The van der Waals surface area contributed by atoms with Crippen molar-refractivity contribution < 1.29 is 14.6 Å². The molecular formula is C23H23N3O3. The Morgan fingerprint density at radius 2 is 1.83 bits per heavy atom. The number of hydrogen-bond acceptors (Lipinski definition) is 5. The van der Waals surface area contributed by atoms with E-state index in [1.165, 1.54) is 18.0 Å². The van der Waals surface area contributed by atoms with Crippen LogP contribution in [0.5, 0.6) is 5.75 Å². The van der Waals surface area contributed by atoms with E-state index in [0.29, 0.717) is 11.4 Å². The SMILES string of the molecule is COc1cccc(CNC(=O)/C(O)=C/c2cc(CCc3ccccc3)ncn2)c1. The molecule has 0 fully saturated rings. The first-order valence-electron chi connectivity index (χ1n) is 9.30. The van der Waals surface area contributed by atoms with Gasteiger partial charge in [0.15, 0.2) is 5.76 Å². The Balaban J connectivity index is 1.58. The van der Waals surface area contributed by atoms with Gasteiger partial charge in [0.2, 0.25) is 0 Å². The molecule has 3 rings (SSSR count). The van der Waals surface area contributed by atoms with Gasteiger partial charge in [0.05, 0.1) is 12.8 Å². The predicted octanol–water partition coefficient (Wildman–Crippen LogP) is 3.49. The number of aliphatic hydroxyl groups is 1. The summed E-state index contributed by atoms with van der Waals surface area (Å²) in [5, 5.41) is 12.8. The van der Waals surface area contributed by atoms with Gasteiger partial charge in [0.1, 0.15) is 12.1 Å². The molecule has 2 N–H and O–H groups in total. The molecule has 0 aliphatic heterocycles. The minimum Gasteiger partial charge on any atom is -0.503 e. The third-order valence-electron chi connectivity index (χ3n) is 4.36. The van der Waals surface area contributed by atoms with Crippen LogP contribution in [0.4, 0.5) is 0 Å². The third-order valence-corrected chi connectivity index (χ3v) is 4.36. The Morgan fingerprint density at radius 1 is 1.03 bits per heavy atom. The fourth-order valence-corrected chi connectivity index (χ4v) is 2.81. The standard InChI is InChI=1S/C23H23N3O3/c1-29-21-9-5-8-18(12-21)15-24-23(28)22(27)14-20-13-19(25-16-26-20)11-10-17-6-3-2-4-7-17/h2-9,12-14,16,27H,10-11,15H2,1H3,(H,24,28)/b22-14-. The molecule has 148 valence electrons. The smallest absolute Gasteiger partial charge is 0.286 e. The van der Waals surface area contributed by atoms with E-state index < -0.39 is 11.7 Å². The molecule has 0 bridgehead atoms. The van der Waals surface area contributed by atoms with Crippen LogP contribution >= 0.6 is 0 Å². The van der Waals surface area contributed by atoms with Crippen LogP contribution < -0.4 is 10.1 Å². The quantitative estimate of drug-likeness (QED) is 0.455. The lowest BCUT2D eigenvalue weighted by atomic mass is 10.1. The highest BCUT2D eigenvalue weighted by Gasteiger charge is 2.09. The molecule has 29 heavy (non-hydrogen) atoms. The van der Waals surface area contributed by atoms with Crippen LogP contribution in [0.25, 0.3) is 6.08 Å². The number of methoxy groups -OCH3 is 1. The van der Waals surface area contributed by atoms with Gasteiger partial charge < -0.3 is 15.2 Å². The molecule has 1 aromatic heterocycles. The molecule has 0 unspecified atom stereocenters. The molecule has 1 heterocycles. The predicted molar refractivity (Wildman–Crippen MR) is 111 cm³/mol. The third kappa shape index (κ3) is 6.17. The van der Waals surface area contributed by atoms with Crippen molar-refractivity contribution in [2.75, 3.05) is 7.11 Å². The number of hydrogen-bond donors (Lipinski definition) is 2. The number of amides is 1. The molecule has 2 aromatic carbocycles. The lowest BCUT2D eigenvalue weighted by Crippen LogP contribution is -2.24. The van der Waals surface area contributed by atoms with E-state index >= 15 is 0 Å². The van der Waals surface area contributed by atoms with Crippen molar-refractivity contribution in [3.63, 3.8) is 0 Å². The molecule has 0 aliphatic rings. The number of aryl methyl sites for hydroxylation is 2. The molecule has 1 amide bonds. The first kappa shape index (κ1) is 20.1. The number of nitrogens with one attached hydrogen (secondary N) is 1. The van der Waals surface area contributed by atoms with Crippen LogP contribution in [0, 0.1) is 0 Å². The summed E-state index contributed by atoms with van der Waals surface area (Å²) in [6.45, 7) is 0.278. The van der Waals surface area contributed by atoms with Crippen LogP contribution in [-0.2, 0) is 24.2 Å². The summed E-state index contributed by atoms with van der Waals surface area (Å²) >= 11 is 0. The Hall–Kier alpha value is -3.67. The zero-order valence-electron chi connectivity index (χ0n) is 16.2. The van der Waals surface area contributed by atoms with E-state index in [9.17, 15) is 9.90 Å². The number of ether oxygens (including phenoxy) is 1. The van der Waals surface area contributed by atoms with Crippen LogP contribution in [-0.4, -0.2) is 28.1 Å². The molecule has 0 saturated carbocycles. The maximum atomic E-state index is 12.2. The number of aromatic nitrogens is 2. The fourth-order valence-electron chi connectivity index (χ4n) is 2.81. The van der Waals surface area contributed by atoms with Crippen molar-refractivity contribution >= 4 is 12.0 Å². The van der Waals surface area contributed by atoms with Crippen molar-refractivity contribution in [3.8, 4) is 5.75 Å². The minimum atomic E-state index is -0.572. The average molecular weight is 389 g/mol. The lowest BCUT2D eigenvalue weighted by molar-refractivity contribution is -0.119. The monoisotopic (exact) mass is 389 g/mol. The van der Waals surface area contributed by atoms with Gasteiger partial charge in [-0.1, -0.05) is 42.5 Å². The average Bonchev–Trinajstić information content (AvgIpc) is 2.77. The maximum absolute atomic E-state index is 12.2. The number of carbonyl (C=O) groups is 1. The zero-order valence-corrected chi connectivity index (χ0v) is 16.2. The van der Waals surface area contributed by atoms with Gasteiger partial charge in [-0.15, -0.1) is 0 Å². The van der Waals surface area contributed by atoms with Crippen molar-refractivity contribution in [2.24, 2.45) is 0 Å². The van der Waals surface area contributed by atoms with Gasteiger partial charge in [-0.2, -0.15) is 0 Å². The maximum Gasteiger partial charge on any atom is 0.286 e. The van der Waals surface area contributed by atoms with Crippen LogP contribution in [0.1, 0.15) is 22.5 Å². The van der Waals surface area contributed by atoms with E-state index in [1.54, 1.807) is 13.2 Å². The zero-order chi connectivity index (χ0) is 20.5. The highest BCUT2D eigenvalue weighted by Crippen LogP contribution is 2.12. The summed E-state index contributed by atoms with van der Waals surface area (Å²) in [5.41, 5.74) is 3.43. The molecule has 0 saturated heterocycles. The number of benzene rings is 2. The number of aliphatic hydroxyl groups excluding tert-OH is 1. The van der Waals surface area contributed by atoms with Crippen molar-refractivity contribution in [3.05, 3.63) is 95.3 Å². The van der Waals surface area contributed by atoms with Crippen molar-refractivity contribution in [2.45, 2.75) is 19.4 Å². The highest BCUT2D eigenvalue weighted by molar-refractivity contribution is 5.95. The van der Waals surface area contributed by atoms with Gasteiger partial charge in [-0.25, -0.2) is 9.97 Å². The van der Waals surface area contributed by atoms with E-state index in [1.807, 2.05) is 42.5 Å². The summed E-state index contributed by atoms with van der Waals surface area (Å²) < 4.78 is 5.16. The fraction of sp³-hybridized carbons (Fsp3) is 0.174. The summed E-state index contributed by atoms with van der Waals surface area (Å²) in [7, 11) is 1.59. The second kappa shape index (κ2) is 10.0. The summed E-state index contributed by atoms with van der Waals surface area (Å²) in [6.07, 6.45) is 4.38. The first-order chi connectivity index (χ1) is 14.1. The second-order valence-electron chi connectivity index (χ2n) is 6.48. The lowest BCUT2D eigenvalue weighted by Gasteiger charge is -2.07. The van der Waals surface area contributed by atoms with Gasteiger partial charge in [0.25, 0.3) is 5.91 Å². The van der Waals surface area contributed by atoms with E-state index in [4.69, 9.17) is 4.74 Å². The normalized spacial score (nSPS) is 11.1. The molecule has 0 radical (unpaired) electrons. The largest absolute Gasteiger partial charge is 0.503 e. The Bertz CT molecular complexity index is 987. The van der Waals surface area contributed by atoms with Crippen LogP contribution in [0.2, 0.25) is 0 Å². The Kier molecular flexibility index (Phi) is 6.95. The van der Waals surface area contributed by atoms with Gasteiger partial charge in [-0.3, -0.25) is 4.79 Å². The Morgan fingerprint density at radius 3 is 2.62 bits per heavy atom. The molecule has 0 atom stereocenters. The van der Waals surface area contributed by atoms with Crippen molar-refractivity contribution in [1.82, 2.24) is 15.3 Å². The first-order valence-corrected chi connectivity index (χ1v) is 9.30. The molecule has 0 aliphatic carbocycles. The number of rotatable bonds is 8. The molecule has 6 heteroatoms. The summed E-state index contributed by atoms with van der Waals surface area (Å²) in [6, 6.07) is 19.3. The number of nitrogens with zero attached hydrogens (tertiary/aromatic N) is 2. The second-order valence-corrected chi connectivity index (χ2v) is 6.48. The van der Waals surface area contributed by atoms with Crippen molar-refractivity contribution in [1.29, 1.82) is 0 Å². The molecular weight excluding hydrogens is 366 g/mol. The van der Waals surface area contributed by atoms with E-state index in [-0.39, 0.29) is 6.54 Å². The number of carbonyl (C=O) groups excluding carboxylic acids is 1.